The zero-order valence-electron chi connectivity index (χ0n) is 6.02. The number of rotatable bonds is 1. The molecule has 0 amide bonds. The second-order valence-corrected chi connectivity index (χ2v) is 3.31. The van der Waals surface area contributed by atoms with Crippen molar-refractivity contribution in [3.8, 4) is 17.9 Å². The van der Waals surface area contributed by atoms with Gasteiger partial charge in [0.25, 0.3) is 0 Å². The van der Waals surface area contributed by atoms with Crippen LogP contribution in [0.5, 0.6) is 0 Å². The maximum absolute atomic E-state index is 12.0. The molecule has 0 aromatic heterocycles. The number of hydrogen-bond acceptors (Lipinski definition) is 5. The minimum atomic E-state index is -5.40. The molecular formula is C3BFLiN3O2S. The van der Waals surface area contributed by atoms with E-state index in [0.717, 1.165) is 17.9 Å². The fourth-order valence-corrected chi connectivity index (χ4v) is 0.653. The van der Waals surface area contributed by atoms with Crippen molar-refractivity contribution < 1.29 is 31.2 Å². The van der Waals surface area contributed by atoms with Crippen molar-refractivity contribution in [3.05, 3.63) is 0 Å². The van der Waals surface area contributed by atoms with Crippen LogP contribution in [0.1, 0.15) is 0 Å². The second kappa shape index (κ2) is 4.14. The number of halogens is 1. The molecule has 0 bridgehead atoms. The summed E-state index contributed by atoms with van der Waals surface area (Å²) in [6, 6.07) is 0. The van der Waals surface area contributed by atoms with Gasteiger partial charge in [-0.2, -0.15) is 0 Å². The van der Waals surface area contributed by atoms with Crippen LogP contribution in [0.3, 0.4) is 0 Å². The third-order valence-corrected chi connectivity index (χ3v) is 2.13. The van der Waals surface area contributed by atoms with Crippen molar-refractivity contribution in [2.75, 3.05) is 0 Å². The molecule has 9 heteroatoms. The standard InChI is InChI=1S/C3BFN3O2S.Li/c5-11(9,10)4(1-6,2-7)3-8;/q-1;+1. The SMILES string of the molecule is N#C[B-](C#N)(C#N)S(=O)(=O)F.[Li+]. The maximum Gasteiger partial charge on any atom is 1.00 e. The van der Waals surface area contributed by atoms with Gasteiger partial charge in [-0.15, -0.1) is 3.89 Å². The normalized spacial score (nSPS) is 9.83. The summed E-state index contributed by atoms with van der Waals surface area (Å²) in [6.07, 6.45) is 0. The van der Waals surface area contributed by atoms with Crippen LogP contribution in [-0.2, 0) is 10.1 Å². The van der Waals surface area contributed by atoms with Gasteiger partial charge in [0.15, 0.2) is 10.1 Å². The zero-order valence-corrected chi connectivity index (χ0v) is 6.84. The van der Waals surface area contributed by atoms with Crippen LogP contribution < -0.4 is 18.9 Å². The van der Waals surface area contributed by atoms with E-state index in [0.29, 0.717) is 0 Å². The average Bonchev–Trinajstić information content (AvgIpc) is 1.90. The van der Waals surface area contributed by atoms with Crippen LogP contribution in [0.4, 0.5) is 3.89 Å². The summed E-state index contributed by atoms with van der Waals surface area (Å²) in [7, 11) is -5.40. The third kappa shape index (κ3) is 2.00. The van der Waals surface area contributed by atoms with E-state index in [-0.39, 0.29) is 18.9 Å². The smallest absolute Gasteiger partial charge is 0.245 e. The largest absolute Gasteiger partial charge is 1.00 e. The Balaban J connectivity index is 0. The summed E-state index contributed by atoms with van der Waals surface area (Å²) in [6.45, 7) is 0. The molecule has 0 rings (SSSR count). The van der Waals surface area contributed by atoms with Gasteiger partial charge in [0.05, 0.1) is 0 Å². The quantitative estimate of drug-likeness (QED) is 0.305. The van der Waals surface area contributed by atoms with Gasteiger partial charge in [-0.1, -0.05) is 17.9 Å². The molecule has 0 fully saturated rings. The van der Waals surface area contributed by atoms with Crippen LogP contribution in [-0.4, -0.2) is 13.8 Å². The summed E-state index contributed by atoms with van der Waals surface area (Å²) < 4.78 is 32.1. The summed E-state index contributed by atoms with van der Waals surface area (Å²) in [5.41, 5.74) is -3.88. The molecule has 0 unspecified atom stereocenters. The predicted octanol–water partition coefficient (Wildman–Crippen LogP) is -3.58. The Morgan fingerprint density at radius 1 is 1.08 bits per heavy atom. The van der Waals surface area contributed by atoms with Crippen LogP contribution >= 0.6 is 0 Å². The van der Waals surface area contributed by atoms with Crippen molar-refractivity contribution in [2.45, 2.75) is 0 Å². The maximum atomic E-state index is 12.0. The van der Waals surface area contributed by atoms with Gasteiger partial charge in [-0.3, -0.25) is 0 Å². The first-order valence-electron chi connectivity index (χ1n) is 2.26. The van der Waals surface area contributed by atoms with Crippen LogP contribution in [0.25, 0.3) is 0 Å². The molecule has 0 aliphatic carbocycles. The monoisotopic (exact) mass is 179 g/mol. The molecule has 12 heavy (non-hydrogen) atoms. The molecule has 0 atom stereocenters. The van der Waals surface area contributed by atoms with Gasteiger partial charge in [0, 0.05) is 0 Å². The number of nitriles is 3. The van der Waals surface area contributed by atoms with Crippen molar-refractivity contribution in [2.24, 2.45) is 0 Å². The fraction of sp³-hybridized carbons (Fsp3) is 0. The molecule has 0 heterocycles. The van der Waals surface area contributed by atoms with E-state index >= 15 is 0 Å². The fourth-order valence-electron chi connectivity index (χ4n) is 0.275. The molecule has 0 saturated heterocycles. The summed E-state index contributed by atoms with van der Waals surface area (Å²) in [5.74, 6) is 2.50. The number of nitrogens with zero attached hydrogens (tertiary/aromatic N) is 3. The molecule has 0 radical (unpaired) electrons. The molecule has 0 saturated carbocycles. The van der Waals surface area contributed by atoms with E-state index in [1.807, 2.05) is 0 Å². The van der Waals surface area contributed by atoms with E-state index in [4.69, 9.17) is 15.8 Å². The van der Waals surface area contributed by atoms with Gasteiger partial charge >= 0.3 is 24.3 Å². The Kier molecular flexibility index (Phi) is 4.69. The third-order valence-electron chi connectivity index (χ3n) is 0.968. The summed E-state index contributed by atoms with van der Waals surface area (Å²) in [4.78, 5) is 0. The van der Waals surface area contributed by atoms with E-state index in [1.165, 1.54) is 0 Å². The molecule has 0 aliphatic rings. The van der Waals surface area contributed by atoms with Gasteiger partial charge in [0.2, 0.25) is 0 Å². The molecule has 0 spiro atoms. The van der Waals surface area contributed by atoms with Gasteiger partial charge in [-0.05, 0) is 0 Å². The Bertz CT molecular complexity index is 351. The number of hydrogen-bond donors (Lipinski definition) is 0. The molecule has 56 valence electrons. The minimum absolute atomic E-state index is 0. The first-order valence-corrected chi connectivity index (χ1v) is 3.71. The van der Waals surface area contributed by atoms with E-state index in [9.17, 15) is 12.3 Å². The van der Waals surface area contributed by atoms with Crippen molar-refractivity contribution in [1.29, 1.82) is 15.8 Å². The first kappa shape index (κ1) is 13.6. The molecular weight excluding hydrogens is 179 g/mol. The van der Waals surface area contributed by atoms with Gasteiger partial charge < -0.3 is 0 Å². The van der Waals surface area contributed by atoms with Crippen LogP contribution in [0.2, 0.25) is 0 Å². The van der Waals surface area contributed by atoms with E-state index < -0.39 is 15.5 Å². The van der Waals surface area contributed by atoms with Crippen LogP contribution in [0.15, 0.2) is 0 Å². The van der Waals surface area contributed by atoms with E-state index in [2.05, 4.69) is 0 Å². The molecule has 0 aromatic rings. The second-order valence-electron chi connectivity index (χ2n) is 1.65. The molecule has 0 aromatic carbocycles. The van der Waals surface area contributed by atoms with Crippen LogP contribution in [0, 0.1) is 33.7 Å². The average molecular weight is 179 g/mol. The zero-order chi connectivity index (χ0) is 9.12. The first-order chi connectivity index (χ1) is 4.93. The Labute approximate surface area is 80.6 Å². The predicted molar refractivity (Wildman–Crippen MR) is 32.6 cm³/mol. The summed E-state index contributed by atoms with van der Waals surface area (Å²) >= 11 is 0. The molecule has 0 aliphatic heterocycles. The molecule has 5 nitrogen and oxygen atoms in total. The van der Waals surface area contributed by atoms with Crippen molar-refractivity contribution >= 4 is 15.5 Å². The van der Waals surface area contributed by atoms with Crippen molar-refractivity contribution in [1.82, 2.24) is 0 Å². The minimum Gasteiger partial charge on any atom is -0.245 e. The van der Waals surface area contributed by atoms with Crippen molar-refractivity contribution in [3.63, 3.8) is 0 Å². The topological polar surface area (TPSA) is 106 Å². The Morgan fingerprint density at radius 3 is 1.33 bits per heavy atom. The van der Waals surface area contributed by atoms with E-state index in [1.54, 1.807) is 0 Å². The molecule has 0 N–H and O–H groups in total. The van der Waals surface area contributed by atoms with Gasteiger partial charge in [0.1, 0.15) is 0 Å². The Morgan fingerprint density at radius 2 is 1.33 bits per heavy atom. The van der Waals surface area contributed by atoms with Gasteiger partial charge in [-0.25, -0.2) is 24.2 Å². The summed E-state index contributed by atoms with van der Waals surface area (Å²) in [5, 5.41) is 24.1. The Hall–Kier alpha value is -0.988.